The quantitative estimate of drug-likeness (QED) is 0.712. The van der Waals surface area contributed by atoms with Crippen LogP contribution in [0, 0.1) is 0 Å². The maximum absolute atomic E-state index is 12.8. The third kappa shape index (κ3) is 3.94. The number of rotatable bonds is 6. The predicted molar refractivity (Wildman–Crippen MR) is 96.1 cm³/mol. The summed E-state index contributed by atoms with van der Waals surface area (Å²) in [6.45, 7) is 0.290. The largest absolute Gasteiger partial charge is 0.420 e. The average Bonchev–Trinajstić information content (AvgIpc) is 3.07. The topological polar surface area (TPSA) is 98.8 Å². The van der Waals surface area contributed by atoms with Crippen molar-refractivity contribution in [2.75, 3.05) is 31.8 Å². The second kappa shape index (κ2) is 7.42. The molecule has 142 valence electrons. The molecular weight excluding hydrogens is 384 g/mol. The molecule has 1 saturated heterocycles. The maximum atomic E-state index is 12.8. The van der Waals surface area contributed by atoms with Gasteiger partial charge in [-0.05, 0) is 18.6 Å². The number of benzene rings is 1. The number of amides is 1. The summed E-state index contributed by atoms with van der Waals surface area (Å²) in [7, 11) is -1.64. The molecule has 26 heavy (non-hydrogen) atoms. The molecule has 1 fully saturated rings. The van der Waals surface area contributed by atoms with Crippen molar-refractivity contribution in [1.82, 2.24) is 9.47 Å². The molecule has 0 bridgehead atoms. The molecule has 1 aromatic heterocycles. The van der Waals surface area contributed by atoms with Crippen molar-refractivity contribution >= 4 is 38.4 Å². The number of halogens is 1. The zero-order valence-corrected chi connectivity index (χ0v) is 15.8. The molecule has 1 atom stereocenters. The van der Waals surface area contributed by atoms with Crippen molar-refractivity contribution in [2.45, 2.75) is 19.0 Å². The third-order valence-corrected chi connectivity index (χ3v) is 6.41. The van der Waals surface area contributed by atoms with Crippen molar-refractivity contribution in [3.05, 3.63) is 33.8 Å². The maximum Gasteiger partial charge on any atom is 0.420 e. The van der Waals surface area contributed by atoms with E-state index in [-0.39, 0.29) is 37.1 Å². The lowest BCUT2D eigenvalue weighted by atomic mass is 10.2. The Balaban J connectivity index is 1.86. The molecule has 0 saturated carbocycles. The number of carbonyl (C=O) groups excluding carboxylic acids is 1. The number of methoxy groups -OCH3 is 1. The Morgan fingerprint density at radius 2 is 2.23 bits per heavy atom. The Labute approximate surface area is 155 Å². The van der Waals surface area contributed by atoms with Gasteiger partial charge in [-0.1, -0.05) is 11.6 Å². The van der Waals surface area contributed by atoms with Crippen molar-refractivity contribution < 1.29 is 22.4 Å². The number of hydrogen-bond donors (Lipinski definition) is 0. The van der Waals surface area contributed by atoms with Gasteiger partial charge in [0.05, 0.1) is 23.6 Å². The van der Waals surface area contributed by atoms with Crippen LogP contribution in [0.4, 0.5) is 0 Å². The fourth-order valence-electron chi connectivity index (χ4n) is 3.14. The van der Waals surface area contributed by atoms with Crippen LogP contribution in [0.5, 0.6) is 0 Å². The van der Waals surface area contributed by atoms with E-state index in [1.165, 1.54) is 22.6 Å². The standard InChI is InChI=1S/C16H19ClN2O6S/c1-24-6-5-18(12-4-7-26(22,23)10-12)15(20)9-19-13-3-2-11(17)8-14(13)25-16(19)21/h2-3,8,12H,4-7,9-10H2,1H3/t12-/m0/s1. The number of aromatic nitrogens is 1. The van der Waals surface area contributed by atoms with Crippen LogP contribution >= 0.6 is 11.6 Å². The van der Waals surface area contributed by atoms with Crippen LogP contribution in [0.2, 0.25) is 5.02 Å². The smallest absolute Gasteiger partial charge is 0.408 e. The Morgan fingerprint density at radius 1 is 1.46 bits per heavy atom. The summed E-state index contributed by atoms with van der Waals surface area (Å²) < 4.78 is 34.9. The number of ether oxygens (including phenoxy) is 1. The fourth-order valence-corrected chi connectivity index (χ4v) is 5.03. The number of fused-ring (bicyclic) bond motifs is 1. The van der Waals surface area contributed by atoms with Gasteiger partial charge in [0.25, 0.3) is 0 Å². The highest BCUT2D eigenvalue weighted by Crippen LogP contribution is 2.20. The van der Waals surface area contributed by atoms with Gasteiger partial charge in [-0.15, -0.1) is 0 Å². The highest BCUT2D eigenvalue weighted by molar-refractivity contribution is 7.91. The summed E-state index contributed by atoms with van der Waals surface area (Å²) >= 11 is 5.89. The summed E-state index contributed by atoms with van der Waals surface area (Å²) in [6.07, 6.45) is 0.383. The van der Waals surface area contributed by atoms with E-state index in [1.54, 1.807) is 12.1 Å². The number of nitrogens with zero attached hydrogens (tertiary/aromatic N) is 2. The summed E-state index contributed by atoms with van der Waals surface area (Å²) in [5.41, 5.74) is 0.751. The molecule has 0 unspecified atom stereocenters. The van der Waals surface area contributed by atoms with Gasteiger partial charge < -0.3 is 14.1 Å². The molecule has 1 aromatic carbocycles. The first kappa shape index (κ1) is 18.9. The van der Waals surface area contributed by atoms with Crippen LogP contribution < -0.4 is 5.76 Å². The summed E-state index contributed by atoms with van der Waals surface area (Å²) in [5, 5.41) is 0.419. The molecule has 0 N–H and O–H groups in total. The first-order valence-corrected chi connectivity index (χ1v) is 10.3. The molecule has 1 aliphatic rings. The number of hydrogen-bond acceptors (Lipinski definition) is 6. The second-order valence-corrected chi connectivity index (χ2v) is 8.87. The van der Waals surface area contributed by atoms with E-state index in [2.05, 4.69) is 0 Å². The van der Waals surface area contributed by atoms with Gasteiger partial charge in [-0.25, -0.2) is 13.2 Å². The fraction of sp³-hybridized carbons (Fsp3) is 0.500. The van der Waals surface area contributed by atoms with E-state index in [0.29, 0.717) is 22.5 Å². The number of oxazole rings is 1. The highest BCUT2D eigenvalue weighted by Gasteiger charge is 2.34. The Bertz CT molecular complexity index is 980. The number of carbonyl (C=O) groups is 1. The Morgan fingerprint density at radius 3 is 2.88 bits per heavy atom. The van der Waals surface area contributed by atoms with E-state index in [0.717, 1.165) is 0 Å². The van der Waals surface area contributed by atoms with E-state index >= 15 is 0 Å². The van der Waals surface area contributed by atoms with Gasteiger partial charge in [0, 0.05) is 30.8 Å². The monoisotopic (exact) mass is 402 g/mol. The molecular formula is C16H19ClN2O6S. The average molecular weight is 403 g/mol. The highest BCUT2D eigenvalue weighted by atomic mass is 35.5. The van der Waals surface area contributed by atoms with E-state index in [4.69, 9.17) is 20.8 Å². The number of sulfone groups is 1. The SMILES string of the molecule is COCCN(C(=O)Cn1c(=O)oc2cc(Cl)ccc21)[C@H]1CCS(=O)(=O)C1. The zero-order chi connectivity index (χ0) is 18.9. The van der Waals surface area contributed by atoms with Crippen LogP contribution in [0.25, 0.3) is 11.1 Å². The van der Waals surface area contributed by atoms with Gasteiger partial charge in [0.1, 0.15) is 6.54 Å². The van der Waals surface area contributed by atoms with Gasteiger partial charge in [0.2, 0.25) is 5.91 Å². The molecule has 10 heteroatoms. The minimum atomic E-state index is -3.15. The van der Waals surface area contributed by atoms with Crippen LogP contribution in [0.1, 0.15) is 6.42 Å². The van der Waals surface area contributed by atoms with Crippen molar-refractivity contribution in [2.24, 2.45) is 0 Å². The summed E-state index contributed by atoms with van der Waals surface area (Å²) in [4.78, 5) is 26.4. The van der Waals surface area contributed by atoms with Gasteiger partial charge in [-0.3, -0.25) is 9.36 Å². The zero-order valence-electron chi connectivity index (χ0n) is 14.2. The predicted octanol–water partition coefficient (Wildman–Crippen LogP) is 0.910. The molecule has 3 rings (SSSR count). The molecule has 1 aliphatic heterocycles. The van der Waals surface area contributed by atoms with Gasteiger partial charge in [-0.2, -0.15) is 0 Å². The van der Waals surface area contributed by atoms with E-state index in [1.807, 2.05) is 0 Å². The van der Waals surface area contributed by atoms with E-state index < -0.39 is 21.6 Å². The Kier molecular flexibility index (Phi) is 5.40. The van der Waals surface area contributed by atoms with Crippen LogP contribution in [-0.4, -0.2) is 61.6 Å². The normalized spacial score (nSPS) is 19.1. The minimum absolute atomic E-state index is 0.0571. The first-order chi connectivity index (χ1) is 12.3. The minimum Gasteiger partial charge on any atom is -0.408 e. The third-order valence-electron chi connectivity index (χ3n) is 4.43. The lowest BCUT2D eigenvalue weighted by Gasteiger charge is -2.28. The van der Waals surface area contributed by atoms with Crippen LogP contribution in [-0.2, 0) is 25.9 Å². The van der Waals surface area contributed by atoms with Crippen molar-refractivity contribution in [3.8, 4) is 0 Å². The molecule has 2 aromatic rings. The first-order valence-electron chi connectivity index (χ1n) is 8.08. The van der Waals surface area contributed by atoms with Crippen molar-refractivity contribution in [1.29, 1.82) is 0 Å². The summed E-state index contributed by atoms with van der Waals surface area (Å²) in [6, 6.07) is 4.30. The molecule has 0 aliphatic carbocycles. The molecule has 2 heterocycles. The van der Waals surface area contributed by atoms with E-state index in [9.17, 15) is 18.0 Å². The van der Waals surface area contributed by atoms with Crippen molar-refractivity contribution in [3.63, 3.8) is 0 Å². The van der Waals surface area contributed by atoms with Gasteiger partial charge >= 0.3 is 5.76 Å². The van der Waals surface area contributed by atoms with Crippen LogP contribution in [0.15, 0.2) is 27.4 Å². The molecule has 0 radical (unpaired) electrons. The molecule has 0 spiro atoms. The lowest BCUT2D eigenvalue weighted by molar-refractivity contribution is -0.134. The summed E-state index contributed by atoms with van der Waals surface area (Å²) in [5.74, 6) is -1.04. The molecule has 8 nitrogen and oxygen atoms in total. The lowest BCUT2D eigenvalue weighted by Crippen LogP contribution is -2.45. The molecule has 1 amide bonds. The Hall–Kier alpha value is -1.84. The second-order valence-electron chi connectivity index (χ2n) is 6.20. The van der Waals surface area contributed by atoms with Gasteiger partial charge in [0.15, 0.2) is 15.4 Å². The van der Waals surface area contributed by atoms with Crippen LogP contribution in [0.3, 0.4) is 0 Å².